The van der Waals surface area contributed by atoms with Gasteiger partial charge in [-0.15, -0.1) is 24.0 Å². The van der Waals surface area contributed by atoms with Crippen LogP contribution in [0.3, 0.4) is 0 Å². The Morgan fingerprint density at radius 1 is 1.11 bits per heavy atom. The van der Waals surface area contributed by atoms with Gasteiger partial charge in [0.2, 0.25) is 0 Å². The van der Waals surface area contributed by atoms with E-state index in [4.69, 9.17) is 4.99 Å². The van der Waals surface area contributed by atoms with Gasteiger partial charge in [-0.1, -0.05) is 25.0 Å². The number of aromatic hydroxyl groups is 1. The first-order valence-corrected chi connectivity index (χ1v) is 10.6. The van der Waals surface area contributed by atoms with Crippen molar-refractivity contribution in [1.82, 2.24) is 15.5 Å². The highest BCUT2D eigenvalue weighted by Gasteiger charge is 2.27. The third-order valence-electron chi connectivity index (χ3n) is 6.03. The van der Waals surface area contributed by atoms with Gasteiger partial charge in [0, 0.05) is 31.7 Å². The van der Waals surface area contributed by atoms with E-state index in [1.54, 1.807) is 0 Å². The molecule has 28 heavy (non-hydrogen) atoms. The van der Waals surface area contributed by atoms with E-state index in [0.29, 0.717) is 18.3 Å². The van der Waals surface area contributed by atoms with E-state index in [0.717, 1.165) is 35.2 Å². The second kappa shape index (κ2) is 11.2. The summed E-state index contributed by atoms with van der Waals surface area (Å²) < 4.78 is 0. The number of aryl methyl sites for hydroxylation is 2. The fourth-order valence-electron chi connectivity index (χ4n) is 4.50. The molecule has 1 saturated carbocycles. The Morgan fingerprint density at radius 3 is 2.29 bits per heavy atom. The number of aliphatic imine (C=N–C) groups is 1. The molecule has 0 atom stereocenters. The van der Waals surface area contributed by atoms with Crippen LogP contribution in [0.5, 0.6) is 5.75 Å². The largest absolute Gasteiger partial charge is 0.507 e. The Kier molecular flexibility index (Phi) is 9.34. The van der Waals surface area contributed by atoms with Crippen LogP contribution >= 0.6 is 24.0 Å². The lowest BCUT2D eigenvalue weighted by Crippen LogP contribution is -2.50. The van der Waals surface area contributed by atoms with Crippen LogP contribution in [0.1, 0.15) is 62.1 Å². The fraction of sp³-hybridized carbons (Fsp3) is 0.682. The molecule has 3 N–H and O–H groups in total. The zero-order valence-corrected chi connectivity index (χ0v) is 20.0. The van der Waals surface area contributed by atoms with Crippen molar-refractivity contribution < 1.29 is 5.11 Å². The number of hydrogen-bond acceptors (Lipinski definition) is 3. The van der Waals surface area contributed by atoms with E-state index in [-0.39, 0.29) is 24.0 Å². The van der Waals surface area contributed by atoms with Gasteiger partial charge in [0.05, 0.1) is 6.54 Å². The van der Waals surface area contributed by atoms with Crippen LogP contribution in [0.4, 0.5) is 0 Å². The molecule has 1 saturated heterocycles. The SMILES string of the molecule is CCNC(=NCc1cc(C)c(O)c(C)c1)NC1CCN(C2CCCC2)CC1.I. The molecule has 0 amide bonds. The maximum absolute atomic E-state index is 9.94. The van der Waals surface area contributed by atoms with Gasteiger partial charge in [-0.2, -0.15) is 0 Å². The molecule has 2 aliphatic rings. The Bertz CT molecular complexity index is 627. The van der Waals surface area contributed by atoms with Crippen LogP contribution in [0, 0.1) is 13.8 Å². The maximum Gasteiger partial charge on any atom is 0.191 e. The third-order valence-corrected chi connectivity index (χ3v) is 6.03. The molecule has 1 aromatic rings. The summed E-state index contributed by atoms with van der Waals surface area (Å²) in [7, 11) is 0. The number of hydrogen-bond donors (Lipinski definition) is 3. The normalized spacial score (nSPS) is 19.5. The van der Waals surface area contributed by atoms with Gasteiger partial charge in [0.1, 0.15) is 5.75 Å². The van der Waals surface area contributed by atoms with Crippen LogP contribution in [0.15, 0.2) is 17.1 Å². The highest BCUT2D eigenvalue weighted by Crippen LogP contribution is 2.26. The summed E-state index contributed by atoms with van der Waals surface area (Å²) in [5.41, 5.74) is 2.96. The Hall–Kier alpha value is -1.02. The predicted octanol–water partition coefficient (Wildman–Crippen LogP) is 4.09. The zero-order chi connectivity index (χ0) is 19.2. The quantitative estimate of drug-likeness (QED) is 0.324. The van der Waals surface area contributed by atoms with Crippen LogP contribution in [-0.4, -0.2) is 47.7 Å². The molecule has 2 fully saturated rings. The van der Waals surface area contributed by atoms with Gasteiger partial charge >= 0.3 is 0 Å². The summed E-state index contributed by atoms with van der Waals surface area (Å²) >= 11 is 0. The van der Waals surface area contributed by atoms with E-state index in [1.807, 2.05) is 26.0 Å². The fourth-order valence-corrected chi connectivity index (χ4v) is 4.50. The van der Waals surface area contributed by atoms with Crippen molar-refractivity contribution >= 4 is 29.9 Å². The number of benzene rings is 1. The van der Waals surface area contributed by atoms with Crippen molar-refractivity contribution in [2.75, 3.05) is 19.6 Å². The van der Waals surface area contributed by atoms with Crippen LogP contribution in [0.25, 0.3) is 0 Å². The van der Waals surface area contributed by atoms with E-state index < -0.39 is 0 Å². The first-order chi connectivity index (χ1) is 13.1. The van der Waals surface area contributed by atoms with Gasteiger partial charge in [-0.3, -0.25) is 0 Å². The third kappa shape index (κ3) is 6.24. The molecule has 1 aliphatic heterocycles. The van der Waals surface area contributed by atoms with Gasteiger partial charge in [-0.25, -0.2) is 4.99 Å². The number of piperidine rings is 1. The maximum atomic E-state index is 9.94. The average Bonchev–Trinajstić information content (AvgIpc) is 3.19. The molecule has 0 bridgehead atoms. The Morgan fingerprint density at radius 2 is 1.71 bits per heavy atom. The monoisotopic (exact) mass is 500 g/mol. The summed E-state index contributed by atoms with van der Waals surface area (Å²) in [5.74, 6) is 1.29. The molecular weight excluding hydrogens is 463 g/mol. The minimum Gasteiger partial charge on any atom is -0.507 e. The smallest absolute Gasteiger partial charge is 0.191 e. The molecule has 0 aromatic heterocycles. The summed E-state index contributed by atoms with van der Waals surface area (Å²) in [5, 5.41) is 17.0. The summed E-state index contributed by atoms with van der Waals surface area (Å²) in [6.45, 7) is 9.89. The number of phenols is 1. The van der Waals surface area contributed by atoms with Gasteiger partial charge < -0.3 is 20.6 Å². The highest BCUT2D eigenvalue weighted by atomic mass is 127. The second-order valence-corrected chi connectivity index (χ2v) is 8.17. The molecule has 0 radical (unpaired) electrons. The predicted molar refractivity (Wildman–Crippen MR) is 128 cm³/mol. The van der Waals surface area contributed by atoms with E-state index in [2.05, 4.69) is 22.5 Å². The molecule has 6 heteroatoms. The van der Waals surface area contributed by atoms with Gasteiger partial charge in [0.25, 0.3) is 0 Å². The topological polar surface area (TPSA) is 59.9 Å². The minimum absolute atomic E-state index is 0. The number of rotatable bonds is 5. The number of likely N-dealkylation sites (tertiary alicyclic amines) is 1. The van der Waals surface area contributed by atoms with Crippen molar-refractivity contribution in [1.29, 1.82) is 0 Å². The average molecular weight is 500 g/mol. The standard InChI is InChI=1S/C22H36N4O.HI/c1-4-23-22(24-15-18-13-16(2)21(27)17(3)14-18)25-19-9-11-26(12-10-19)20-7-5-6-8-20;/h13-14,19-20,27H,4-12,15H2,1-3H3,(H2,23,24,25);1H. The number of guanidine groups is 1. The van der Waals surface area contributed by atoms with Crippen molar-refractivity contribution in [2.45, 2.75) is 77.9 Å². The zero-order valence-electron chi connectivity index (χ0n) is 17.6. The molecule has 3 rings (SSSR count). The van der Waals surface area contributed by atoms with Crippen molar-refractivity contribution in [2.24, 2.45) is 4.99 Å². The van der Waals surface area contributed by atoms with Crippen molar-refractivity contribution in [3.63, 3.8) is 0 Å². The number of phenolic OH excluding ortho intramolecular Hbond substituents is 1. The lowest BCUT2D eigenvalue weighted by Gasteiger charge is -2.36. The van der Waals surface area contributed by atoms with Crippen LogP contribution in [-0.2, 0) is 6.54 Å². The molecule has 0 spiro atoms. The van der Waals surface area contributed by atoms with Crippen molar-refractivity contribution in [3.8, 4) is 5.75 Å². The molecule has 1 aliphatic carbocycles. The summed E-state index contributed by atoms with van der Waals surface area (Å²) in [6, 6.07) is 5.39. The lowest BCUT2D eigenvalue weighted by molar-refractivity contribution is 0.150. The van der Waals surface area contributed by atoms with E-state index in [1.165, 1.54) is 51.6 Å². The minimum atomic E-state index is 0. The first kappa shape index (κ1) is 23.3. The number of halogens is 1. The number of nitrogens with zero attached hydrogens (tertiary/aromatic N) is 2. The van der Waals surface area contributed by atoms with Crippen LogP contribution < -0.4 is 10.6 Å². The number of nitrogens with one attached hydrogen (secondary N) is 2. The molecule has 1 heterocycles. The van der Waals surface area contributed by atoms with Gasteiger partial charge in [-0.05, 0) is 63.1 Å². The molecule has 0 unspecified atom stereocenters. The Balaban J connectivity index is 0.00000280. The molecular formula is C22H37IN4O. The van der Waals surface area contributed by atoms with Crippen molar-refractivity contribution in [3.05, 3.63) is 28.8 Å². The molecule has 5 nitrogen and oxygen atoms in total. The van der Waals surface area contributed by atoms with E-state index >= 15 is 0 Å². The van der Waals surface area contributed by atoms with Gasteiger partial charge in [0.15, 0.2) is 5.96 Å². The summed E-state index contributed by atoms with van der Waals surface area (Å²) in [6.07, 6.45) is 8.00. The highest BCUT2D eigenvalue weighted by molar-refractivity contribution is 14.0. The van der Waals surface area contributed by atoms with E-state index in [9.17, 15) is 5.11 Å². The Labute approximate surface area is 187 Å². The molecule has 1 aromatic carbocycles. The van der Waals surface area contributed by atoms with Crippen LogP contribution in [0.2, 0.25) is 0 Å². The summed E-state index contributed by atoms with van der Waals surface area (Å²) in [4.78, 5) is 7.49. The first-order valence-electron chi connectivity index (χ1n) is 10.6. The lowest BCUT2D eigenvalue weighted by atomic mass is 10.0. The molecule has 158 valence electrons. The second-order valence-electron chi connectivity index (χ2n) is 8.17.